The molecule has 0 aliphatic carbocycles. The number of aromatic nitrogens is 8. The predicted molar refractivity (Wildman–Crippen MR) is 138 cm³/mol. The Kier molecular flexibility index (Phi) is 6.67. The van der Waals surface area contributed by atoms with Crippen molar-refractivity contribution >= 4 is 22.9 Å². The molecule has 1 aliphatic heterocycles. The molecule has 5 heterocycles. The van der Waals surface area contributed by atoms with Crippen LogP contribution in [-0.4, -0.2) is 81.1 Å². The number of nitrogens with one attached hydrogen (secondary N) is 2. The molecular weight excluding hydrogens is 520 g/mol. The second kappa shape index (κ2) is 10.4. The van der Waals surface area contributed by atoms with Crippen LogP contribution in [0, 0.1) is 6.92 Å². The number of carbonyl (C=O) groups excluding carboxylic acids is 1. The Hall–Kier alpha value is -4.73. The van der Waals surface area contributed by atoms with Gasteiger partial charge in [-0.15, -0.1) is 5.10 Å². The zero-order valence-corrected chi connectivity index (χ0v) is 21.5. The number of hydrogen-bond acceptors (Lipinski definition) is 12. The van der Waals surface area contributed by atoms with Crippen LogP contribution in [0.15, 0.2) is 53.4 Å². The summed E-state index contributed by atoms with van der Waals surface area (Å²) in [6.45, 7) is 2.08. The number of likely N-dealkylation sites (N-methyl/N-ethyl adjacent to an activating group) is 1. The van der Waals surface area contributed by atoms with Crippen molar-refractivity contribution < 1.29 is 24.3 Å². The van der Waals surface area contributed by atoms with Crippen molar-refractivity contribution in [3.8, 4) is 5.95 Å². The Labute approximate surface area is 226 Å². The highest BCUT2D eigenvalue weighted by Crippen LogP contribution is 2.33. The summed E-state index contributed by atoms with van der Waals surface area (Å²) in [4.78, 5) is 25.9. The molecule has 206 valence electrons. The van der Waals surface area contributed by atoms with E-state index in [1.54, 1.807) is 12.3 Å². The molecule has 4 N–H and O–H groups in total. The Bertz CT molecular complexity index is 1650. The molecule has 1 saturated heterocycles. The van der Waals surface area contributed by atoms with Crippen LogP contribution in [0.4, 0.5) is 5.82 Å². The first-order valence-electron chi connectivity index (χ1n) is 12.5. The van der Waals surface area contributed by atoms with Crippen LogP contribution in [0.1, 0.15) is 28.9 Å². The van der Waals surface area contributed by atoms with E-state index in [4.69, 9.17) is 9.26 Å². The van der Waals surface area contributed by atoms with Gasteiger partial charge in [-0.3, -0.25) is 9.36 Å². The van der Waals surface area contributed by atoms with Gasteiger partial charge in [-0.2, -0.15) is 14.6 Å². The molecule has 15 heteroatoms. The van der Waals surface area contributed by atoms with E-state index in [1.807, 2.05) is 37.3 Å². The van der Waals surface area contributed by atoms with Crippen molar-refractivity contribution in [3.05, 3.63) is 71.6 Å². The van der Waals surface area contributed by atoms with Gasteiger partial charge in [-0.25, -0.2) is 4.98 Å². The van der Waals surface area contributed by atoms with Crippen molar-refractivity contribution in [1.82, 2.24) is 45.0 Å². The van der Waals surface area contributed by atoms with Gasteiger partial charge in [0.25, 0.3) is 11.9 Å². The minimum atomic E-state index is -1.45. The number of rotatable bonds is 8. The lowest BCUT2D eigenvalue weighted by molar-refractivity contribution is -0.137. The maximum Gasteiger partial charge on any atom is 0.256 e. The molecule has 1 fully saturated rings. The van der Waals surface area contributed by atoms with E-state index in [2.05, 4.69) is 41.1 Å². The molecule has 6 rings (SSSR count). The summed E-state index contributed by atoms with van der Waals surface area (Å²) >= 11 is 0. The largest absolute Gasteiger partial charge is 0.387 e. The lowest BCUT2D eigenvalue weighted by Gasteiger charge is -2.17. The van der Waals surface area contributed by atoms with Gasteiger partial charge in [0.1, 0.15) is 12.2 Å². The molecule has 5 aromatic rings. The van der Waals surface area contributed by atoms with Crippen molar-refractivity contribution in [1.29, 1.82) is 0 Å². The van der Waals surface area contributed by atoms with Crippen LogP contribution in [0.5, 0.6) is 0 Å². The van der Waals surface area contributed by atoms with E-state index < -0.39 is 30.4 Å². The van der Waals surface area contributed by atoms with Gasteiger partial charge >= 0.3 is 0 Å². The van der Waals surface area contributed by atoms with Gasteiger partial charge in [0.05, 0.1) is 30.5 Å². The Morgan fingerprint density at radius 2 is 1.98 bits per heavy atom. The maximum absolute atomic E-state index is 12.2. The second-order valence-corrected chi connectivity index (χ2v) is 9.34. The molecule has 0 unspecified atom stereocenters. The summed E-state index contributed by atoms with van der Waals surface area (Å²) in [6.07, 6.45) is -1.58. The zero-order valence-electron chi connectivity index (χ0n) is 21.5. The molecule has 0 radical (unpaired) electrons. The molecule has 15 nitrogen and oxygen atoms in total. The van der Waals surface area contributed by atoms with E-state index in [0.717, 1.165) is 11.3 Å². The molecule has 0 spiro atoms. The molecule has 1 amide bonds. The number of nitrogens with zero attached hydrogens (tertiary/aromatic N) is 8. The smallest absolute Gasteiger partial charge is 0.256 e. The van der Waals surface area contributed by atoms with Crippen LogP contribution in [0.2, 0.25) is 0 Å². The molecule has 0 bridgehead atoms. The first-order chi connectivity index (χ1) is 19.4. The number of amides is 1. The molecular formula is C25H26N10O5. The molecule has 4 aromatic heterocycles. The van der Waals surface area contributed by atoms with E-state index in [-0.39, 0.29) is 18.1 Å². The number of anilines is 1. The fourth-order valence-electron chi connectivity index (χ4n) is 4.52. The number of ether oxygens (including phenoxy) is 1. The van der Waals surface area contributed by atoms with Crippen LogP contribution in [0.3, 0.4) is 0 Å². The minimum absolute atomic E-state index is 0.174. The fraction of sp³-hybridized carbons (Fsp3) is 0.320. The van der Waals surface area contributed by atoms with Crippen LogP contribution in [0.25, 0.3) is 17.1 Å². The number of aliphatic hydroxyl groups excluding tert-OH is 2. The van der Waals surface area contributed by atoms with Crippen LogP contribution < -0.4 is 10.6 Å². The van der Waals surface area contributed by atoms with Gasteiger partial charge in [0.2, 0.25) is 0 Å². The first kappa shape index (κ1) is 25.5. The van der Waals surface area contributed by atoms with E-state index in [0.29, 0.717) is 29.2 Å². The Morgan fingerprint density at radius 3 is 2.73 bits per heavy atom. The zero-order chi connectivity index (χ0) is 27.8. The van der Waals surface area contributed by atoms with E-state index in [9.17, 15) is 15.0 Å². The number of aryl methyl sites for hydroxylation is 1. The Morgan fingerprint density at radius 1 is 1.15 bits per heavy atom. The van der Waals surface area contributed by atoms with Gasteiger partial charge < -0.3 is 30.1 Å². The monoisotopic (exact) mass is 546 g/mol. The second-order valence-electron chi connectivity index (χ2n) is 9.34. The summed E-state index contributed by atoms with van der Waals surface area (Å²) in [7, 11) is 1.42. The highest BCUT2D eigenvalue weighted by atomic mass is 16.6. The first-order valence-corrected chi connectivity index (χ1v) is 12.5. The quantitative estimate of drug-likeness (QED) is 0.208. The Balaban J connectivity index is 1.38. The number of carbonyl (C=O) groups is 1. The number of hydrogen-bond donors (Lipinski definition) is 4. The van der Waals surface area contributed by atoms with Gasteiger partial charge in [0, 0.05) is 19.5 Å². The average molecular weight is 547 g/mol. The summed E-state index contributed by atoms with van der Waals surface area (Å²) < 4.78 is 13.9. The van der Waals surface area contributed by atoms with E-state index >= 15 is 0 Å². The highest BCUT2D eigenvalue weighted by Gasteiger charge is 2.47. The SMILES string of the molecule is CNC(=O)[C@H]1O[C@@H](n2cnc3c(NCc4cc(C)no4)nc(-n4cc(Cc5ccccc5)nn4)nc32)[C@H](O)[C@@H]1O. The molecule has 1 aliphatic rings. The average Bonchev–Trinajstić information content (AvgIpc) is 3.76. The number of imidazole rings is 1. The van der Waals surface area contributed by atoms with Gasteiger partial charge in [-0.1, -0.05) is 40.7 Å². The van der Waals surface area contributed by atoms with Crippen molar-refractivity contribution in [2.75, 3.05) is 12.4 Å². The normalized spacial score (nSPS) is 20.7. The summed E-state index contributed by atoms with van der Waals surface area (Å²) in [5, 5.41) is 39.2. The summed E-state index contributed by atoms with van der Waals surface area (Å²) in [5.41, 5.74) is 3.15. The summed E-state index contributed by atoms with van der Waals surface area (Å²) in [6, 6.07) is 11.7. The lowest BCUT2D eigenvalue weighted by atomic mass is 10.1. The molecule has 0 saturated carbocycles. The van der Waals surface area contributed by atoms with Gasteiger partial charge in [-0.05, 0) is 12.5 Å². The number of benzene rings is 1. The van der Waals surface area contributed by atoms with Crippen molar-refractivity contribution in [3.63, 3.8) is 0 Å². The number of fused-ring (bicyclic) bond motifs is 1. The third-order valence-corrected chi connectivity index (χ3v) is 6.51. The topological polar surface area (TPSA) is 191 Å². The molecule has 4 atom stereocenters. The lowest BCUT2D eigenvalue weighted by Crippen LogP contribution is -2.41. The standard InChI is InChI=1S/C25H26N10O5/c1-13-8-16(40-32-13)10-27-21-17-22(34(12-28-17)24-19(37)18(36)20(39-24)23(38)26-2)30-25(29-21)35-11-15(31-33-35)9-14-6-4-3-5-7-14/h3-8,11-12,18-20,24,36-37H,9-10H2,1-2H3,(H,26,38)(H,27,29,30)/t18-,19+,20-,24+/m0/s1. The minimum Gasteiger partial charge on any atom is -0.387 e. The van der Waals surface area contributed by atoms with Gasteiger partial charge in [0.15, 0.2) is 35.1 Å². The molecule has 1 aromatic carbocycles. The van der Waals surface area contributed by atoms with Crippen molar-refractivity contribution in [2.24, 2.45) is 0 Å². The highest BCUT2D eigenvalue weighted by molar-refractivity contribution is 5.84. The van der Waals surface area contributed by atoms with Crippen LogP contribution >= 0.6 is 0 Å². The summed E-state index contributed by atoms with van der Waals surface area (Å²) in [5.74, 6) is 0.547. The fourth-order valence-corrected chi connectivity index (χ4v) is 4.52. The van der Waals surface area contributed by atoms with Crippen LogP contribution in [-0.2, 0) is 22.5 Å². The molecule has 40 heavy (non-hydrogen) atoms. The predicted octanol–water partition coefficient (Wildman–Crippen LogP) is 0.272. The van der Waals surface area contributed by atoms with E-state index in [1.165, 1.54) is 22.6 Å². The number of aliphatic hydroxyl groups is 2. The third kappa shape index (κ3) is 4.76. The van der Waals surface area contributed by atoms with Crippen molar-refractivity contribution in [2.45, 2.75) is 44.4 Å². The third-order valence-electron chi connectivity index (χ3n) is 6.51. The maximum atomic E-state index is 12.2.